The molecule has 8 heteroatoms. The van der Waals surface area contributed by atoms with Crippen molar-refractivity contribution in [2.75, 3.05) is 41.3 Å². The maximum absolute atomic E-state index is 12.3. The third-order valence-corrected chi connectivity index (χ3v) is 6.16. The van der Waals surface area contributed by atoms with Crippen molar-refractivity contribution in [2.45, 2.75) is 33.9 Å². The van der Waals surface area contributed by atoms with Crippen LogP contribution in [0.25, 0.3) is 0 Å². The number of halogens is 1. The number of hydrogen-bond acceptors (Lipinski definition) is 6. The molecule has 30 heavy (non-hydrogen) atoms. The van der Waals surface area contributed by atoms with Crippen LogP contribution in [0, 0.1) is 13.8 Å². The highest BCUT2D eigenvalue weighted by Crippen LogP contribution is 2.26. The number of aryl methyl sites for hydroxylation is 2. The number of piperazine rings is 1. The van der Waals surface area contributed by atoms with Crippen LogP contribution in [0.1, 0.15) is 23.9 Å². The zero-order valence-electron chi connectivity index (χ0n) is 17.5. The van der Waals surface area contributed by atoms with Crippen molar-refractivity contribution in [3.05, 3.63) is 66.7 Å². The molecule has 2 heterocycles. The molecule has 1 aliphatic heterocycles. The predicted molar refractivity (Wildman–Crippen MR) is 122 cm³/mol. The Morgan fingerprint density at radius 2 is 1.77 bits per heavy atom. The Hall–Kier alpha value is -2.80. The van der Waals surface area contributed by atoms with Gasteiger partial charge in [0, 0.05) is 61.2 Å². The highest BCUT2D eigenvalue weighted by molar-refractivity contribution is 6.30. The molecule has 1 fully saturated rings. The van der Waals surface area contributed by atoms with E-state index in [2.05, 4.69) is 22.2 Å². The van der Waals surface area contributed by atoms with Crippen LogP contribution in [0.3, 0.4) is 0 Å². The molecule has 7 nitrogen and oxygen atoms in total. The summed E-state index contributed by atoms with van der Waals surface area (Å²) in [6, 6.07) is 7.78. The van der Waals surface area contributed by atoms with Crippen molar-refractivity contribution < 1.29 is 0 Å². The zero-order valence-corrected chi connectivity index (χ0v) is 18.3. The van der Waals surface area contributed by atoms with Crippen LogP contribution in [0.2, 0.25) is 5.02 Å². The van der Waals surface area contributed by atoms with Crippen molar-refractivity contribution in [2.24, 2.45) is 0 Å². The summed E-state index contributed by atoms with van der Waals surface area (Å²) in [5.41, 5.74) is 4.29. The molecule has 0 unspecified atom stereocenters. The molecule has 2 aromatic carbocycles. The number of aromatic nitrogens is 2. The SMILES string of the molecule is CCn1nc(C)c(CNc2c(N3CCN(c4cccc(Cl)c4)CC3)c(=O)c2=O)c1C. The van der Waals surface area contributed by atoms with Gasteiger partial charge in [-0.3, -0.25) is 14.3 Å². The fourth-order valence-electron chi connectivity index (χ4n) is 4.18. The standard InChI is InChI=1S/C22H26ClN5O2/c1-4-28-15(3)18(14(2)25-28)13-24-19-20(22(30)21(19)29)27-10-8-26(9-11-27)17-7-5-6-16(23)12-17/h5-7,12,24H,4,8-11,13H2,1-3H3. The number of anilines is 3. The van der Waals surface area contributed by atoms with Gasteiger partial charge in [-0.1, -0.05) is 17.7 Å². The van der Waals surface area contributed by atoms with E-state index in [0.29, 0.717) is 36.0 Å². The number of nitrogens with one attached hydrogen (secondary N) is 1. The van der Waals surface area contributed by atoms with Crippen molar-refractivity contribution in [1.82, 2.24) is 9.78 Å². The van der Waals surface area contributed by atoms with Crippen LogP contribution in [0.4, 0.5) is 17.1 Å². The van der Waals surface area contributed by atoms with E-state index in [1.807, 2.05) is 47.7 Å². The summed E-state index contributed by atoms with van der Waals surface area (Å²) in [7, 11) is 0. The van der Waals surface area contributed by atoms with Crippen LogP contribution in [0.5, 0.6) is 0 Å². The fraction of sp³-hybridized carbons (Fsp3) is 0.409. The Labute approximate surface area is 180 Å². The Balaban J connectivity index is 1.46. The van der Waals surface area contributed by atoms with E-state index in [-0.39, 0.29) is 0 Å². The molecule has 0 aliphatic carbocycles. The maximum Gasteiger partial charge on any atom is 0.253 e. The molecule has 1 N–H and O–H groups in total. The lowest BCUT2D eigenvalue weighted by atomic mass is 10.1. The van der Waals surface area contributed by atoms with Crippen LogP contribution < -0.4 is 26.0 Å². The van der Waals surface area contributed by atoms with Gasteiger partial charge >= 0.3 is 0 Å². The summed E-state index contributed by atoms with van der Waals surface area (Å²) in [6.07, 6.45) is 0. The van der Waals surface area contributed by atoms with Gasteiger partial charge in [0.15, 0.2) is 0 Å². The quantitative estimate of drug-likeness (QED) is 0.610. The third-order valence-electron chi connectivity index (χ3n) is 5.93. The molecule has 1 aromatic heterocycles. The molecule has 0 spiro atoms. The molecular formula is C22H26ClN5O2. The van der Waals surface area contributed by atoms with Gasteiger partial charge in [0.1, 0.15) is 11.4 Å². The molecule has 0 radical (unpaired) electrons. The number of hydrogen-bond donors (Lipinski definition) is 1. The van der Waals surface area contributed by atoms with Crippen molar-refractivity contribution in [1.29, 1.82) is 0 Å². The Kier molecular flexibility index (Phi) is 5.56. The average molecular weight is 428 g/mol. The van der Waals surface area contributed by atoms with Gasteiger partial charge in [-0.05, 0) is 39.0 Å². The highest BCUT2D eigenvalue weighted by Gasteiger charge is 2.29. The summed E-state index contributed by atoms with van der Waals surface area (Å²) >= 11 is 6.11. The molecule has 1 aliphatic rings. The van der Waals surface area contributed by atoms with Crippen molar-refractivity contribution in [3.8, 4) is 0 Å². The fourth-order valence-corrected chi connectivity index (χ4v) is 4.37. The van der Waals surface area contributed by atoms with Gasteiger partial charge in [-0.25, -0.2) is 0 Å². The van der Waals surface area contributed by atoms with Crippen LogP contribution in [-0.4, -0.2) is 36.0 Å². The van der Waals surface area contributed by atoms with Crippen molar-refractivity contribution >= 4 is 28.7 Å². The molecule has 1 saturated heterocycles. The number of benzene rings is 1. The van der Waals surface area contributed by atoms with Gasteiger partial charge < -0.3 is 15.1 Å². The summed E-state index contributed by atoms with van der Waals surface area (Å²) in [5, 5.41) is 8.44. The van der Waals surface area contributed by atoms with Gasteiger partial charge in [-0.2, -0.15) is 5.10 Å². The largest absolute Gasteiger partial charge is 0.376 e. The van der Waals surface area contributed by atoms with E-state index >= 15 is 0 Å². The van der Waals surface area contributed by atoms with E-state index in [9.17, 15) is 9.59 Å². The lowest BCUT2D eigenvalue weighted by molar-refractivity contribution is 0.633. The second-order valence-electron chi connectivity index (χ2n) is 7.65. The van der Waals surface area contributed by atoms with Gasteiger partial charge in [-0.15, -0.1) is 0 Å². The number of nitrogens with zero attached hydrogens (tertiary/aromatic N) is 4. The molecule has 0 atom stereocenters. The van der Waals surface area contributed by atoms with Crippen LogP contribution in [-0.2, 0) is 13.1 Å². The van der Waals surface area contributed by atoms with Crippen LogP contribution >= 0.6 is 11.6 Å². The normalized spacial score (nSPS) is 14.5. The molecule has 0 amide bonds. The van der Waals surface area contributed by atoms with Gasteiger partial charge in [0.2, 0.25) is 0 Å². The molecular weight excluding hydrogens is 402 g/mol. The topological polar surface area (TPSA) is 70.5 Å². The van der Waals surface area contributed by atoms with E-state index in [1.165, 1.54) is 0 Å². The molecule has 3 aromatic rings. The first kappa shape index (κ1) is 20.5. The third kappa shape index (κ3) is 3.58. The van der Waals surface area contributed by atoms with Crippen molar-refractivity contribution in [3.63, 3.8) is 0 Å². The van der Waals surface area contributed by atoms with E-state index in [0.717, 1.165) is 42.3 Å². The smallest absolute Gasteiger partial charge is 0.253 e. The molecule has 0 bridgehead atoms. The molecule has 0 saturated carbocycles. The first-order valence-electron chi connectivity index (χ1n) is 10.3. The Morgan fingerprint density at radius 1 is 1.07 bits per heavy atom. The minimum absolute atomic E-state index is 0.397. The summed E-state index contributed by atoms with van der Waals surface area (Å²) < 4.78 is 1.95. The summed E-state index contributed by atoms with van der Waals surface area (Å²) in [4.78, 5) is 28.8. The van der Waals surface area contributed by atoms with Crippen LogP contribution in [0.15, 0.2) is 33.9 Å². The average Bonchev–Trinajstić information content (AvgIpc) is 3.03. The summed E-state index contributed by atoms with van der Waals surface area (Å²) in [6.45, 7) is 10.2. The minimum Gasteiger partial charge on any atom is -0.376 e. The minimum atomic E-state index is -0.430. The lowest BCUT2D eigenvalue weighted by Gasteiger charge is -2.38. The molecule has 158 valence electrons. The number of rotatable bonds is 6. The second kappa shape index (κ2) is 8.14. The Morgan fingerprint density at radius 3 is 2.40 bits per heavy atom. The van der Waals surface area contributed by atoms with Gasteiger partial charge in [0.25, 0.3) is 10.9 Å². The maximum atomic E-state index is 12.3. The molecule has 4 rings (SSSR count). The first-order chi connectivity index (χ1) is 14.4. The first-order valence-corrected chi connectivity index (χ1v) is 10.6. The van der Waals surface area contributed by atoms with E-state index in [1.54, 1.807) is 0 Å². The Bertz CT molecular complexity index is 1140. The predicted octanol–water partition coefficient (Wildman–Crippen LogP) is 2.71. The zero-order chi connectivity index (χ0) is 21.4. The second-order valence-corrected chi connectivity index (χ2v) is 8.09. The monoisotopic (exact) mass is 427 g/mol. The van der Waals surface area contributed by atoms with Gasteiger partial charge in [0.05, 0.1) is 5.69 Å². The summed E-state index contributed by atoms with van der Waals surface area (Å²) in [5.74, 6) is 0. The highest BCUT2D eigenvalue weighted by atomic mass is 35.5. The lowest BCUT2D eigenvalue weighted by Crippen LogP contribution is -2.51. The van der Waals surface area contributed by atoms with E-state index in [4.69, 9.17) is 11.6 Å². The van der Waals surface area contributed by atoms with E-state index < -0.39 is 10.9 Å².